The van der Waals surface area contributed by atoms with E-state index < -0.39 is 0 Å². The lowest BCUT2D eigenvalue weighted by Crippen LogP contribution is -2.39. The molecule has 3 rings (SSSR count). The Morgan fingerprint density at radius 2 is 2.19 bits per heavy atom. The lowest BCUT2D eigenvalue weighted by molar-refractivity contribution is -0.143. The van der Waals surface area contributed by atoms with Crippen LogP contribution in [-0.4, -0.2) is 37.0 Å². The van der Waals surface area contributed by atoms with E-state index in [1.54, 1.807) is 30.5 Å². The second-order valence-electron chi connectivity index (χ2n) is 5.82. The van der Waals surface area contributed by atoms with Crippen LogP contribution in [-0.2, 0) is 14.3 Å². The number of likely N-dealkylation sites (tertiary alicyclic amines) is 1. The average Bonchev–Trinajstić information content (AvgIpc) is 2.97. The van der Waals surface area contributed by atoms with E-state index in [0.29, 0.717) is 18.8 Å². The number of esters is 1. The largest absolute Gasteiger partial charge is 0.469 e. The average molecular weight is 289 g/mol. The van der Waals surface area contributed by atoms with E-state index in [9.17, 15) is 9.59 Å². The van der Waals surface area contributed by atoms with Gasteiger partial charge in [-0.15, -0.1) is 0 Å². The Morgan fingerprint density at radius 1 is 1.43 bits per heavy atom. The maximum absolute atomic E-state index is 12.1. The van der Waals surface area contributed by atoms with Gasteiger partial charge in [0, 0.05) is 19.2 Å². The third-order valence-corrected chi connectivity index (χ3v) is 4.68. The van der Waals surface area contributed by atoms with E-state index in [1.807, 2.05) is 4.90 Å². The molecule has 1 saturated heterocycles. The summed E-state index contributed by atoms with van der Waals surface area (Å²) in [5.41, 5.74) is 0.0919. The molecule has 0 aromatic carbocycles. The number of piperidine rings is 1. The fraction of sp³-hybridized carbons (Fsp3) is 0.500. The van der Waals surface area contributed by atoms with Gasteiger partial charge in [-0.25, -0.2) is 0 Å². The van der Waals surface area contributed by atoms with Crippen LogP contribution < -0.4 is 0 Å². The van der Waals surface area contributed by atoms with Crippen LogP contribution in [0.3, 0.4) is 0 Å². The van der Waals surface area contributed by atoms with Gasteiger partial charge >= 0.3 is 5.97 Å². The second-order valence-corrected chi connectivity index (χ2v) is 5.82. The first-order valence-electron chi connectivity index (χ1n) is 7.23. The summed E-state index contributed by atoms with van der Waals surface area (Å²) >= 11 is 0. The van der Waals surface area contributed by atoms with E-state index in [2.05, 4.69) is 0 Å². The third-order valence-electron chi connectivity index (χ3n) is 4.68. The SMILES string of the molecule is COC(=O)C1CC12CCN(C(=O)C=Cc1ccco1)CC2. The summed E-state index contributed by atoms with van der Waals surface area (Å²) in [6.07, 6.45) is 7.47. The standard InChI is InChI=1S/C16H19NO4/c1-20-15(19)13-11-16(13)6-8-17(9-7-16)14(18)5-4-12-3-2-10-21-12/h2-5,10,13H,6-9,11H2,1H3. The maximum atomic E-state index is 12.1. The Morgan fingerprint density at radius 3 is 2.81 bits per heavy atom. The van der Waals surface area contributed by atoms with Crippen molar-refractivity contribution in [2.24, 2.45) is 11.3 Å². The molecular weight excluding hydrogens is 270 g/mol. The van der Waals surface area contributed by atoms with Crippen molar-refractivity contribution in [3.63, 3.8) is 0 Å². The zero-order valence-corrected chi connectivity index (χ0v) is 12.1. The van der Waals surface area contributed by atoms with Crippen molar-refractivity contribution in [3.8, 4) is 0 Å². The highest BCUT2D eigenvalue weighted by Gasteiger charge is 2.59. The molecular formula is C16H19NO4. The van der Waals surface area contributed by atoms with Gasteiger partial charge in [0.15, 0.2) is 0 Å². The number of amides is 1. The normalized spacial score (nSPS) is 23.5. The van der Waals surface area contributed by atoms with Gasteiger partial charge in [0.2, 0.25) is 5.91 Å². The highest BCUT2D eigenvalue weighted by atomic mass is 16.5. The molecule has 2 fully saturated rings. The van der Waals surface area contributed by atoms with Crippen molar-refractivity contribution in [1.29, 1.82) is 0 Å². The van der Waals surface area contributed by atoms with Crippen LogP contribution in [0.25, 0.3) is 6.08 Å². The van der Waals surface area contributed by atoms with Crippen LogP contribution in [0.1, 0.15) is 25.0 Å². The Balaban J connectivity index is 1.52. The topological polar surface area (TPSA) is 59.8 Å². The summed E-state index contributed by atoms with van der Waals surface area (Å²) < 4.78 is 9.97. The van der Waals surface area contributed by atoms with E-state index in [0.717, 1.165) is 19.3 Å². The molecule has 1 saturated carbocycles. The second kappa shape index (κ2) is 5.39. The molecule has 1 atom stereocenters. The van der Waals surface area contributed by atoms with E-state index in [-0.39, 0.29) is 23.2 Å². The van der Waals surface area contributed by atoms with Gasteiger partial charge < -0.3 is 14.1 Å². The molecule has 1 aliphatic heterocycles. The van der Waals surface area contributed by atoms with Gasteiger partial charge in [-0.05, 0) is 42.9 Å². The molecule has 2 heterocycles. The molecule has 1 spiro atoms. The minimum absolute atomic E-state index is 0.00322. The molecule has 1 aromatic heterocycles. The molecule has 1 amide bonds. The molecule has 1 unspecified atom stereocenters. The molecule has 1 aliphatic carbocycles. The summed E-state index contributed by atoms with van der Waals surface area (Å²) in [5.74, 6) is 0.604. The fourth-order valence-corrected chi connectivity index (χ4v) is 3.19. The number of carbonyl (C=O) groups is 2. The molecule has 112 valence electrons. The first kappa shape index (κ1) is 13.9. The van der Waals surface area contributed by atoms with Crippen molar-refractivity contribution < 1.29 is 18.7 Å². The highest BCUT2D eigenvalue weighted by Crippen LogP contribution is 2.59. The molecule has 1 aromatic rings. The molecule has 0 bridgehead atoms. The Labute approximate surface area is 123 Å². The summed E-state index contributed by atoms with van der Waals surface area (Å²) in [7, 11) is 1.44. The lowest BCUT2D eigenvalue weighted by atomic mass is 9.91. The first-order valence-corrected chi connectivity index (χ1v) is 7.23. The quantitative estimate of drug-likeness (QED) is 0.631. The van der Waals surface area contributed by atoms with Crippen LogP contribution >= 0.6 is 0 Å². The minimum Gasteiger partial charge on any atom is -0.469 e. The Kier molecular flexibility index (Phi) is 3.57. The van der Waals surface area contributed by atoms with Crippen LogP contribution in [0.5, 0.6) is 0 Å². The predicted molar refractivity (Wildman–Crippen MR) is 76.1 cm³/mol. The van der Waals surface area contributed by atoms with Crippen LogP contribution in [0.15, 0.2) is 28.9 Å². The number of hydrogen-bond acceptors (Lipinski definition) is 4. The van der Waals surface area contributed by atoms with E-state index >= 15 is 0 Å². The number of methoxy groups -OCH3 is 1. The van der Waals surface area contributed by atoms with Crippen molar-refractivity contribution in [2.45, 2.75) is 19.3 Å². The van der Waals surface area contributed by atoms with Gasteiger partial charge in [0.1, 0.15) is 5.76 Å². The smallest absolute Gasteiger partial charge is 0.309 e. The zero-order chi connectivity index (χ0) is 14.9. The maximum Gasteiger partial charge on any atom is 0.309 e. The Bertz CT molecular complexity index is 553. The van der Waals surface area contributed by atoms with Gasteiger partial charge in [0.05, 0.1) is 19.3 Å². The van der Waals surface area contributed by atoms with Gasteiger partial charge in [-0.2, -0.15) is 0 Å². The van der Waals surface area contributed by atoms with Crippen molar-refractivity contribution in [1.82, 2.24) is 4.90 Å². The molecule has 2 aliphatic rings. The van der Waals surface area contributed by atoms with E-state index in [4.69, 9.17) is 9.15 Å². The van der Waals surface area contributed by atoms with Crippen LogP contribution in [0, 0.1) is 11.3 Å². The van der Waals surface area contributed by atoms with Crippen LogP contribution in [0.4, 0.5) is 0 Å². The Hall–Kier alpha value is -2.04. The summed E-state index contributed by atoms with van der Waals surface area (Å²) in [6, 6.07) is 3.59. The summed E-state index contributed by atoms with van der Waals surface area (Å²) in [4.78, 5) is 25.5. The molecule has 5 heteroatoms. The third kappa shape index (κ3) is 2.73. The number of hydrogen-bond donors (Lipinski definition) is 0. The monoisotopic (exact) mass is 289 g/mol. The van der Waals surface area contributed by atoms with E-state index in [1.165, 1.54) is 7.11 Å². The molecule has 0 N–H and O–H groups in total. The van der Waals surface area contributed by atoms with Crippen LogP contribution in [0.2, 0.25) is 0 Å². The van der Waals surface area contributed by atoms with Gasteiger partial charge in [-0.3, -0.25) is 9.59 Å². The first-order chi connectivity index (χ1) is 10.1. The lowest BCUT2D eigenvalue weighted by Gasteiger charge is -2.32. The number of furan rings is 1. The fourth-order valence-electron chi connectivity index (χ4n) is 3.19. The number of carbonyl (C=O) groups excluding carboxylic acids is 2. The summed E-state index contributed by atoms with van der Waals surface area (Å²) in [5, 5.41) is 0. The van der Waals surface area contributed by atoms with Crippen molar-refractivity contribution in [3.05, 3.63) is 30.2 Å². The van der Waals surface area contributed by atoms with Gasteiger partial charge in [0.25, 0.3) is 0 Å². The molecule has 5 nitrogen and oxygen atoms in total. The molecule has 0 radical (unpaired) electrons. The number of nitrogens with zero attached hydrogens (tertiary/aromatic N) is 1. The summed E-state index contributed by atoms with van der Waals surface area (Å²) in [6.45, 7) is 1.41. The van der Waals surface area contributed by atoms with Crippen molar-refractivity contribution in [2.75, 3.05) is 20.2 Å². The predicted octanol–water partition coefficient (Wildman–Crippen LogP) is 2.09. The van der Waals surface area contributed by atoms with Gasteiger partial charge in [-0.1, -0.05) is 0 Å². The minimum atomic E-state index is -0.104. The highest BCUT2D eigenvalue weighted by molar-refractivity contribution is 5.91. The number of rotatable bonds is 3. The number of ether oxygens (including phenoxy) is 1. The molecule has 21 heavy (non-hydrogen) atoms. The van der Waals surface area contributed by atoms with Crippen molar-refractivity contribution >= 4 is 18.0 Å². The zero-order valence-electron chi connectivity index (χ0n) is 12.1.